The molecule has 0 aromatic carbocycles. The monoisotopic (exact) mass is 379 g/mol. The van der Waals surface area contributed by atoms with Crippen molar-refractivity contribution in [2.24, 2.45) is 0 Å². The molecule has 0 spiro atoms. The number of aryl methyl sites for hydroxylation is 1. The molecule has 1 N–H and O–H groups in total. The van der Waals surface area contributed by atoms with E-state index in [1.165, 1.54) is 0 Å². The second-order valence-electron chi connectivity index (χ2n) is 4.43. The molecule has 2 heterocycles. The Morgan fingerprint density at radius 1 is 1.45 bits per heavy atom. The average molecular weight is 380 g/mol. The van der Waals surface area contributed by atoms with Crippen LogP contribution < -0.4 is 5.32 Å². The topological polar surface area (TPSA) is 64.7 Å². The number of carbonyl (C=O) groups is 1. The summed E-state index contributed by atoms with van der Waals surface area (Å²) in [6.07, 6.45) is -1.77. The molecular formula is C12H13BrF3N5O. The predicted octanol–water partition coefficient (Wildman–Crippen LogP) is 2.20. The van der Waals surface area contributed by atoms with E-state index in [0.717, 1.165) is 27.1 Å². The summed E-state index contributed by atoms with van der Waals surface area (Å²) in [6, 6.07) is 0.829. The molecule has 2 rings (SSSR count). The first-order chi connectivity index (χ1) is 10.3. The summed E-state index contributed by atoms with van der Waals surface area (Å²) in [6.45, 7) is 2.49. The number of alkyl halides is 3. The molecular weight excluding hydrogens is 367 g/mol. The molecule has 0 saturated carbocycles. The molecule has 10 heteroatoms. The molecule has 6 nitrogen and oxygen atoms in total. The quantitative estimate of drug-likeness (QED) is 0.865. The third-order valence-corrected chi connectivity index (χ3v) is 3.55. The number of carbonyl (C=O) groups excluding carboxylic acids is 1. The van der Waals surface area contributed by atoms with E-state index in [9.17, 15) is 18.0 Å². The Morgan fingerprint density at radius 3 is 2.77 bits per heavy atom. The lowest BCUT2D eigenvalue weighted by atomic mass is 10.4. The van der Waals surface area contributed by atoms with E-state index in [4.69, 9.17) is 0 Å². The van der Waals surface area contributed by atoms with Crippen molar-refractivity contribution in [2.45, 2.75) is 32.7 Å². The second-order valence-corrected chi connectivity index (χ2v) is 5.28. The fourth-order valence-electron chi connectivity index (χ4n) is 1.82. The van der Waals surface area contributed by atoms with Gasteiger partial charge >= 0.3 is 6.18 Å². The van der Waals surface area contributed by atoms with Crippen LogP contribution in [0.25, 0.3) is 0 Å². The zero-order chi connectivity index (χ0) is 16.3. The van der Waals surface area contributed by atoms with Crippen LogP contribution in [0.5, 0.6) is 0 Å². The smallest absolute Gasteiger partial charge is 0.349 e. The molecule has 0 fully saturated rings. The standard InChI is InChI=1S/C12H13BrF3N5O/c1-2-21-9(8(13)5-18-21)6-17-11(22)7-20-4-3-10(19-20)12(14,15)16/h3-5H,2,6-7H2,1H3,(H,17,22). The second kappa shape index (κ2) is 6.51. The van der Waals surface area contributed by atoms with Crippen LogP contribution in [0.2, 0.25) is 0 Å². The lowest BCUT2D eigenvalue weighted by molar-refractivity contribution is -0.141. The van der Waals surface area contributed by atoms with Crippen LogP contribution in [0.15, 0.2) is 22.9 Å². The van der Waals surface area contributed by atoms with E-state index < -0.39 is 17.8 Å². The minimum atomic E-state index is -4.51. The van der Waals surface area contributed by atoms with Crippen LogP contribution in [-0.4, -0.2) is 25.5 Å². The zero-order valence-electron chi connectivity index (χ0n) is 11.6. The normalized spacial score (nSPS) is 11.7. The van der Waals surface area contributed by atoms with E-state index >= 15 is 0 Å². The maximum atomic E-state index is 12.4. The Bertz CT molecular complexity index is 664. The van der Waals surface area contributed by atoms with Crippen molar-refractivity contribution < 1.29 is 18.0 Å². The first-order valence-corrected chi connectivity index (χ1v) is 7.18. The van der Waals surface area contributed by atoms with Gasteiger partial charge in [0.05, 0.1) is 22.9 Å². The summed E-state index contributed by atoms with van der Waals surface area (Å²) in [7, 11) is 0. The van der Waals surface area contributed by atoms with Crippen LogP contribution in [0, 0.1) is 0 Å². The van der Waals surface area contributed by atoms with Gasteiger partial charge in [0.2, 0.25) is 5.91 Å². The summed E-state index contributed by atoms with van der Waals surface area (Å²) in [5.41, 5.74) is -0.237. The molecule has 22 heavy (non-hydrogen) atoms. The molecule has 0 atom stereocenters. The molecule has 2 aromatic heterocycles. The van der Waals surface area contributed by atoms with Crippen LogP contribution >= 0.6 is 15.9 Å². The number of rotatable bonds is 5. The van der Waals surface area contributed by atoms with Crippen molar-refractivity contribution in [3.63, 3.8) is 0 Å². The van der Waals surface area contributed by atoms with Crippen molar-refractivity contribution in [2.75, 3.05) is 0 Å². The highest BCUT2D eigenvalue weighted by molar-refractivity contribution is 9.10. The fraction of sp³-hybridized carbons (Fsp3) is 0.417. The van der Waals surface area contributed by atoms with Gasteiger partial charge in [0.25, 0.3) is 0 Å². The lowest BCUT2D eigenvalue weighted by Gasteiger charge is -2.08. The van der Waals surface area contributed by atoms with Gasteiger partial charge in [-0.2, -0.15) is 23.4 Å². The number of aromatic nitrogens is 4. The number of halogens is 4. The van der Waals surface area contributed by atoms with Gasteiger partial charge in [-0.3, -0.25) is 14.2 Å². The van der Waals surface area contributed by atoms with Crippen molar-refractivity contribution in [1.29, 1.82) is 0 Å². The van der Waals surface area contributed by atoms with Gasteiger partial charge in [0, 0.05) is 12.7 Å². The molecule has 0 bridgehead atoms. The molecule has 0 saturated heterocycles. The Kier molecular flexibility index (Phi) is 4.89. The van der Waals surface area contributed by atoms with Crippen LogP contribution in [0.3, 0.4) is 0 Å². The van der Waals surface area contributed by atoms with E-state index in [1.54, 1.807) is 10.9 Å². The zero-order valence-corrected chi connectivity index (χ0v) is 13.1. The number of hydrogen-bond donors (Lipinski definition) is 1. The first kappa shape index (κ1) is 16.5. The van der Waals surface area contributed by atoms with Crippen molar-refractivity contribution in [3.05, 3.63) is 34.3 Å². The van der Waals surface area contributed by atoms with Crippen LogP contribution in [0.4, 0.5) is 13.2 Å². The third-order valence-electron chi connectivity index (χ3n) is 2.89. The number of amides is 1. The maximum absolute atomic E-state index is 12.4. The molecule has 0 aliphatic heterocycles. The highest BCUT2D eigenvalue weighted by Gasteiger charge is 2.33. The van der Waals surface area contributed by atoms with Gasteiger partial charge in [0.15, 0.2) is 5.69 Å². The van der Waals surface area contributed by atoms with Gasteiger partial charge in [0.1, 0.15) is 6.54 Å². The highest BCUT2D eigenvalue weighted by atomic mass is 79.9. The molecule has 2 aromatic rings. The van der Waals surface area contributed by atoms with Gasteiger partial charge in [-0.15, -0.1) is 0 Å². The predicted molar refractivity (Wildman–Crippen MR) is 74.7 cm³/mol. The average Bonchev–Trinajstić information content (AvgIpc) is 3.03. The lowest BCUT2D eigenvalue weighted by Crippen LogP contribution is -2.28. The van der Waals surface area contributed by atoms with Crippen molar-refractivity contribution in [1.82, 2.24) is 24.9 Å². The van der Waals surface area contributed by atoms with Gasteiger partial charge in [-0.25, -0.2) is 0 Å². The summed E-state index contributed by atoms with van der Waals surface area (Å²) < 4.78 is 40.6. The largest absolute Gasteiger partial charge is 0.435 e. The van der Waals surface area contributed by atoms with E-state index in [1.807, 2.05) is 6.92 Å². The fourth-order valence-corrected chi connectivity index (χ4v) is 2.26. The Hall–Kier alpha value is -1.84. The molecule has 0 aliphatic carbocycles. The van der Waals surface area contributed by atoms with Crippen LogP contribution in [0.1, 0.15) is 18.3 Å². The summed E-state index contributed by atoms with van der Waals surface area (Å²) >= 11 is 3.32. The number of hydrogen-bond acceptors (Lipinski definition) is 3. The molecule has 120 valence electrons. The number of nitrogens with zero attached hydrogens (tertiary/aromatic N) is 4. The Morgan fingerprint density at radius 2 is 2.18 bits per heavy atom. The van der Waals surface area contributed by atoms with Crippen molar-refractivity contribution >= 4 is 21.8 Å². The summed E-state index contributed by atoms with van der Waals surface area (Å²) in [4.78, 5) is 11.8. The summed E-state index contributed by atoms with van der Waals surface area (Å²) in [5.74, 6) is -0.437. The van der Waals surface area contributed by atoms with E-state index in [2.05, 4.69) is 31.4 Å². The number of nitrogens with one attached hydrogen (secondary N) is 1. The van der Waals surface area contributed by atoms with Crippen LogP contribution in [-0.2, 0) is 30.6 Å². The minimum Gasteiger partial charge on any atom is -0.349 e. The van der Waals surface area contributed by atoms with Gasteiger partial charge in [-0.05, 0) is 28.9 Å². The Balaban J connectivity index is 1.93. The van der Waals surface area contributed by atoms with E-state index in [0.29, 0.717) is 6.54 Å². The maximum Gasteiger partial charge on any atom is 0.435 e. The van der Waals surface area contributed by atoms with Crippen molar-refractivity contribution in [3.8, 4) is 0 Å². The first-order valence-electron chi connectivity index (χ1n) is 6.38. The van der Waals surface area contributed by atoms with Gasteiger partial charge < -0.3 is 5.32 Å². The molecule has 0 aliphatic rings. The minimum absolute atomic E-state index is 0.223. The molecule has 0 unspecified atom stereocenters. The highest BCUT2D eigenvalue weighted by Crippen LogP contribution is 2.27. The van der Waals surface area contributed by atoms with E-state index in [-0.39, 0.29) is 13.1 Å². The Labute approximate surface area is 132 Å². The SMILES string of the molecule is CCn1ncc(Br)c1CNC(=O)Cn1ccc(C(F)(F)F)n1. The van der Waals surface area contributed by atoms with Gasteiger partial charge in [-0.1, -0.05) is 0 Å². The third kappa shape index (κ3) is 3.87. The molecule has 1 amide bonds. The molecule has 0 radical (unpaired) electrons. The summed E-state index contributed by atoms with van der Waals surface area (Å²) in [5, 5.41) is 10.0.